The number of carboxylic acids is 1. The Morgan fingerprint density at radius 3 is 2.41 bits per heavy atom. The van der Waals surface area contributed by atoms with Gasteiger partial charge in [0, 0.05) is 6.42 Å². The Balaban J connectivity index is 2.58. The van der Waals surface area contributed by atoms with E-state index in [9.17, 15) is 13.6 Å². The Hall–Kier alpha value is -2.23. The van der Waals surface area contributed by atoms with E-state index in [0.717, 1.165) is 11.1 Å². The standard InChI is InChI=1S/C18H18F2O2/c1-10-4-6-15(19)12(3)17(10)14-8-11(2)18(20)13(9-14)5-7-16(21)22/h4,6,8-9H,5,7H2,1-3H3,(H,21,22). The zero-order valence-electron chi connectivity index (χ0n) is 12.8. The summed E-state index contributed by atoms with van der Waals surface area (Å²) >= 11 is 0. The molecule has 0 aliphatic heterocycles. The molecule has 0 unspecified atom stereocenters. The summed E-state index contributed by atoms with van der Waals surface area (Å²) in [6, 6.07) is 6.40. The van der Waals surface area contributed by atoms with Crippen molar-refractivity contribution in [3.8, 4) is 11.1 Å². The molecule has 2 rings (SSSR count). The quantitative estimate of drug-likeness (QED) is 0.898. The number of hydrogen-bond acceptors (Lipinski definition) is 1. The SMILES string of the molecule is Cc1cc(-c2c(C)ccc(F)c2C)cc(CCC(=O)O)c1F. The molecule has 22 heavy (non-hydrogen) atoms. The van der Waals surface area contributed by atoms with Crippen LogP contribution in [0.1, 0.15) is 28.7 Å². The molecule has 116 valence electrons. The first-order valence-corrected chi connectivity index (χ1v) is 7.08. The van der Waals surface area contributed by atoms with Crippen LogP contribution >= 0.6 is 0 Å². The number of aryl methyl sites for hydroxylation is 3. The first-order valence-electron chi connectivity index (χ1n) is 7.08. The number of halogens is 2. The molecule has 0 saturated heterocycles. The van der Waals surface area contributed by atoms with Gasteiger partial charge < -0.3 is 5.11 Å². The zero-order valence-corrected chi connectivity index (χ0v) is 12.8. The molecular weight excluding hydrogens is 286 g/mol. The first kappa shape index (κ1) is 16.1. The van der Waals surface area contributed by atoms with Gasteiger partial charge in [0.2, 0.25) is 0 Å². The van der Waals surface area contributed by atoms with Crippen molar-refractivity contribution in [1.82, 2.24) is 0 Å². The third-order valence-corrected chi connectivity index (χ3v) is 3.83. The second kappa shape index (κ2) is 6.26. The number of rotatable bonds is 4. The van der Waals surface area contributed by atoms with Gasteiger partial charge in [-0.25, -0.2) is 8.78 Å². The number of hydrogen-bond donors (Lipinski definition) is 1. The van der Waals surface area contributed by atoms with Gasteiger partial charge in [0.15, 0.2) is 0 Å². The van der Waals surface area contributed by atoms with Gasteiger partial charge in [-0.2, -0.15) is 0 Å². The van der Waals surface area contributed by atoms with Crippen LogP contribution < -0.4 is 0 Å². The molecule has 0 spiro atoms. The van der Waals surface area contributed by atoms with Crippen LogP contribution in [-0.2, 0) is 11.2 Å². The van der Waals surface area contributed by atoms with Crippen molar-refractivity contribution in [3.63, 3.8) is 0 Å². The molecule has 2 aromatic rings. The molecule has 0 aromatic heterocycles. The molecule has 0 aliphatic rings. The number of benzene rings is 2. The van der Waals surface area contributed by atoms with Crippen LogP contribution in [-0.4, -0.2) is 11.1 Å². The van der Waals surface area contributed by atoms with Gasteiger partial charge in [0.25, 0.3) is 0 Å². The van der Waals surface area contributed by atoms with Crippen molar-refractivity contribution in [2.45, 2.75) is 33.6 Å². The maximum absolute atomic E-state index is 14.2. The van der Waals surface area contributed by atoms with Crippen LogP contribution in [0.25, 0.3) is 11.1 Å². The third-order valence-electron chi connectivity index (χ3n) is 3.83. The van der Waals surface area contributed by atoms with Gasteiger partial charge in [-0.1, -0.05) is 6.07 Å². The number of aliphatic carboxylic acids is 1. The fourth-order valence-corrected chi connectivity index (χ4v) is 2.68. The lowest BCUT2D eigenvalue weighted by atomic mass is 9.92. The van der Waals surface area contributed by atoms with Gasteiger partial charge in [0.1, 0.15) is 11.6 Å². The Labute approximate surface area is 128 Å². The van der Waals surface area contributed by atoms with Crippen molar-refractivity contribution in [2.75, 3.05) is 0 Å². The molecule has 0 bridgehead atoms. The van der Waals surface area contributed by atoms with Crippen molar-refractivity contribution in [1.29, 1.82) is 0 Å². The van der Waals surface area contributed by atoms with E-state index < -0.39 is 11.8 Å². The van der Waals surface area contributed by atoms with Crippen molar-refractivity contribution >= 4 is 5.97 Å². The maximum atomic E-state index is 14.2. The van der Waals surface area contributed by atoms with Crippen molar-refractivity contribution in [2.24, 2.45) is 0 Å². The average Bonchev–Trinajstić information content (AvgIpc) is 2.45. The second-order valence-corrected chi connectivity index (χ2v) is 5.52. The van der Waals surface area contributed by atoms with Crippen LogP contribution in [0.5, 0.6) is 0 Å². The predicted octanol–water partition coefficient (Wildman–Crippen LogP) is 4.57. The monoisotopic (exact) mass is 304 g/mol. The lowest BCUT2D eigenvalue weighted by molar-refractivity contribution is -0.136. The molecule has 0 amide bonds. The zero-order chi connectivity index (χ0) is 16.4. The minimum absolute atomic E-state index is 0.114. The van der Waals surface area contributed by atoms with Crippen LogP contribution in [0, 0.1) is 32.4 Å². The van der Waals surface area contributed by atoms with E-state index >= 15 is 0 Å². The maximum Gasteiger partial charge on any atom is 0.303 e. The molecule has 0 aliphatic carbocycles. The summed E-state index contributed by atoms with van der Waals surface area (Å²) in [6.07, 6.45) is -0.0236. The fraction of sp³-hybridized carbons (Fsp3) is 0.278. The Morgan fingerprint density at radius 1 is 1.09 bits per heavy atom. The largest absolute Gasteiger partial charge is 0.481 e. The second-order valence-electron chi connectivity index (χ2n) is 5.52. The molecule has 4 heteroatoms. The highest BCUT2D eigenvalue weighted by Gasteiger charge is 2.15. The van der Waals surface area contributed by atoms with Crippen molar-refractivity contribution < 1.29 is 18.7 Å². The van der Waals surface area contributed by atoms with E-state index in [2.05, 4.69) is 0 Å². The highest BCUT2D eigenvalue weighted by atomic mass is 19.1. The Morgan fingerprint density at radius 2 is 1.77 bits per heavy atom. The molecule has 2 nitrogen and oxygen atoms in total. The molecule has 0 saturated carbocycles. The molecule has 0 heterocycles. The molecular formula is C18H18F2O2. The summed E-state index contributed by atoms with van der Waals surface area (Å²) in [5.74, 6) is -1.67. The van der Waals surface area contributed by atoms with Crippen molar-refractivity contribution in [3.05, 3.63) is 58.2 Å². The van der Waals surface area contributed by atoms with Crippen LogP contribution in [0.4, 0.5) is 8.78 Å². The Kier molecular flexibility index (Phi) is 4.59. The molecule has 0 fully saturated rings. The van der Waals surface area contributed by atoms with Gasteiger partial charge >= 0.3 is 5.97 Å². The lowest BCUT2D eigenvalue weighted by Gasteiger charge is -2.14. The Bertz CT molecular complexity index is 736. The summed E-state index contributed by atoms with van der Waals surface area (Å²) in [5, 5.41) is 8.77. The van der Waals surface area contributed by atoms with Crippen LogP contribution in [0.3, 0.4) is 0 Å². The van der Waals surface area contributed by atoms with Gasteiger partial charge in [0.05, 0.1) is 0 Å². The minimum Gasteiger partial charge on any atom is -0.481 e. The fourth-order valence-electron chi connectivity index (χ4n) is 2.68. The van der Waals surface area contributed by atoms with Gasteiger partial charge in [-0.15, -0.1) is 0 Å². The molecule has 1 N–H and O–H groups in total. The summed E-state index contributed by atoms with van der Waals surface area (Å²) in [6.45, 7) is 5.19. The highest BCUT2D eigenvalue weighted by Crippen LogP contribution is 2.31. The average molecular weight is 304 g/mol. The minimum atomic E-state index is -0.972. The van der Waals surface area contributed by atoms with Gasteiger partial charge in [-0.3, -0.25) is 4.79 Å². The number of carbonyl (C=O) groups is 1. The molecule has 2 aromatic carbocycles. The highest BCUT2D eigenvalue weighted by molar-refractivity contribution is 5.73. The third kappa shape index (κ3) is 3.16. The lowest BCUT2D eigenvalue weighted by Crippen LogP contribution is -2.02. The summed E-state index contributed by atoms with van der Waals surface area (Å²) in [5.41, 5.74) is 3.64. The van der Waals surface area contributed by atoms with Gasteiger partial charge in [-0.05, 0) is 78.8 Å². The predicted molar refractivity (Wildman–Crippen MR) is 82.0 cm³/mol. The number of carboxylic acid groups (broad SMARTS) is 1. The molecule has 0 radical (unpaired) electrons. The van der Waals surface area contributed by atoms with Crippen LogP contribution in [0.2, 0.25) is 0 Å². The summed E-state index contributed by atoms with van der Waals surface area (Å²) in [4.78, 5) is 10.7. The van der Waals surface area contributed by atoms with E-state index in [4.69, 9.17) is 5.11 Å². The summed E-state index contributed by atoms with van der Waals surface area (Å²) in [7, 11) is 0. The van der Waals surface area contributed by atoms with E-state index in [1.165, 1.54) is 6.07 Å². The smallest absolute Gasteiger partial charge is 0.303 e. The molecule has 0 atom stereocenters. The van der Waals surface area contributed by atoms with E-state index in [0.29, 0.717) is 22.3 Å². The summed E-state index contributed by atoms with van der Waals surface area (Å²) < 4.78 is 28.0. The normalized spacial score (nSPS) is 10.8. The van der Waals surface area contributed by atoms with E-state index in [1.807, 2.05) is 6.92 Å². The van der Waals surface area contributed by atoms with E-state index in [1.54, 1.807) is 32.0 Å². The first-order chi connectivity index (χ1) is 10.3. The van der Waals surface area contributed by atoms with Crippen LogP contribution in [0.15, 0.2) is 24.3 Å². The topological polar surface area (TPSA) is 37.3 Å². The van der Waals surface area contributed by atoms with E-state index in [-0.39, 0.29) is 18.7 Å².